The second-order valence-corrected chi connectivity index (χ2v) is 7.15. The fraction of sp³-hybridized carbons (Fsp3) is 0.158. The van der Waals surface area contributed by atoms with Gasteiger partial charge < -0.3 is 15.2 Å². The Morgan fingerprint density at radius 2 is 2.10 bits per heavy atom. The smallest absolute Gasteiger partial charge is 0.251 e. The van der Waals surface area contributed by atoms with Gasteiger partial charge in [0.05, 0.1) is 18.6 Å². The first kappa shape index (κ1) is 18.7. The third-order valence-corrected chi connectivity index (χ3v) is 5.04. The van der Waals surface area contributed by atoms with Crippen LogP contribution >= 0.6 is 11.3 Å². The highest BCUT2D eigenvalue weighted by atomic mass is 32.1. The summed E-state index contributed by atoms with van der Waals surface area (Å²) in [5, 5.41) is 14.6. The first-order valence-electron chi connectivity index (χ1n) is 8.85. The van der Waals surface area contributed by atoms with Crippen molar-refractivity contribution in [3.63, 3.8) is 0 Å². The minimum atomic E-state index is -0.133. The van der Waals surface area contributed by atoms with Gasteiger partial charge in [0.15, 0.2) is 11.6 Å². The average molecular weight is 406 g/mol. The lowest BCUT2D eigenvalue weighted by Crippen LogP contribution is -2.22. The van der Waals surface area contributed by atoms with Gasteiger partial charge in [-0.05, 0) is 24.3 Å². The molecule has 4 aromatic rings. The quantitative estimate of drug-likeness (QED) is 0.484. The van der Waals surface area contributed by atoms with E-state index in [1.807, 2.05) is 29.8 Å². The highest BCUT2D eigenvalue weighted by molar-refractivity contribution is 7.09. The van der Waals surface area contributed by atoms with Crippen molar-refractivity contribution in [2.24, 2.45) is 7.05 Å². The van der Waals surface area contributed by atoms with Crippen molar-refractivity contribution < 1.29 is 4.79 Å². The van der Waals surface area contributed by atoms with Gasteiger partial charge in [-0.3, -0.25) is 9.78 Å². The third-order valence-electron chi connectivity index (χ3n) is 4.26. The van der Waals surface area contributed by atoms with Crippen LogP contribution < -0.4 is 10.6 Å². The van der Waals surface area contributed by atoms with E-state index in [1.165, 1.54) is 17.7 Å². The zero-order valence-electron chi connectivity index (χ0n) is 15.6. The molecule has 0 bridgehead atoms. The number of rotatable bonds is 7. The van der Waals surface area contributed by atoms with Gasteiger partial charge in [-0.25, -0.2) is 9.97 Å². The summed E-state index contributed by atoms with van der Waals surface area (Å²) in [5.41, 5.74) is 3.86. The van der Waals surface area contributed by atoms with Crippen LogP contribution in [0.15, 0.2) is 54.6 Å². The molecule has 146 valence electrons. The molecule has 3 aromatic heterocycles. The largest absolute Gasteiger partial charge is 0.378 e. The summed E-state index contributed by atoms with van der Waals surface area (Å²) in [6.07, 6.45) is 4.90. The Hall–Kier alpha value is -3.66. The topological polar surface area (TPSA) is 111 Å². The van der Waals surface area contributed by atoms with Crippen LogP contribution in [0.4, 0.5) is 5.69 Å². The summed E-state index contributed by atoms with van der Waals surface area (Å²) in [5.74, 6) is 1.28. The van der Waals surface area contributed by atoms with Crippen molar-refractivity contribution in [2.45, 2.75) is 13.1 Å². The lowest BCUT2D eigenvalue weighted by molar-refractivity contribution is 0.0951. The molecule has 29 heavy (non-hydrogen) atoms. The number of thiazole rings is 1. The number of anilines is 1. The van der Waals surface area contributed by atoms with Crippen LogP contribution in [0.5, 0.6) is 0 Å². The normalized spacial score (nSPS) is 10.7. The summed E-state index contributed by atoms with van der Waals surface area (Å²) in [6.45, 7) is 0.923. The van der Waals surface area contributed by atoms with E-state index in [4.69, 9.17) is 0 Å². The van der Waals surface area contributed by atoms with Gasteiger partial charge in [-0.2, -0.15) is 0 Å². The van der Waals surface area contributed by atoms with Crippen LogP contribution in [0.3, 0.4) is 0 Å². The molecular weight excluding hydrogens is 388 g/mol. The molecule has 0 fully saturated rings. The van der Waals surface area contributed by atoms with Crippen LogP contribution in [-0.4, -0.2) is 35.6 Å². The molecule has 3 heterocycles. The summed E-state index contributed by atoms with van der Waals surface area (Å²) >= 11 is 1.51. The lowest BCUT2D eigenvalue weighted by Gasteiger charge is -2.09. The first-order chi connectivity index (χ1) is 14.2. The summed E-state index contributed by atoms with van der Waals surface area (Å²) in [4.78, 5) is 25.5. The lowest BCUT2D eigenvalue weighted by atomic mass is 10.2. The number of carbonyl (C=O) groups excluding carboxylic acids is 1. The summed E-state index contributed by atoms with van der Waals surface area (Å²) in [6, 6.07) is 9.12. The maximum Gasteiger partial charge on any atom is 0.251 e. The fourth-order valence-electron chi connectivity index (χ4n) is 2.71. The molecule has 2 N–H and O–H groups in total. The monoisotopic (exact) mass is 406 g/mol. The molecule has 0 atom stereocenters. The van der Waals surface area contributed by atoms with Gasteiger partial charge >= 0.3 is 0 Å². The third kappa shape index (κ3) is 4.43. The van der Waals surface area contributed by atoms with Gasteiger partial charge in [-0.15, -0.1) is 21.5 Å². The Balaban J connectivity index is 1.40. The predicted octanol–water partition coefficient (Wildman–Crippen LogP) is 2.27. The van der Waals surface area contributed by atoms with Gasteiger partial charge in [-0.1, -0.05) is 6.07 Å². The van der Waals surface area contributed by atoms with E-state index in [1.54, 1.807) is 30.0 Å². The fourth-order valence-corrected chi connectivity index (χ4v) is 3.25. The van der Waals surface area contributed by atoms with E-state index in [2.05, 4.69) is 35.8 Å². The van der Waals surface area contributed by atoms with Gasteiger partial charge in [0.2, 0.25) is 0 Å². The highest BCUT2D eigenvalue weighted by Gasteiger charge is 2.12. The number of nitrogens with zero attached hydrogens (tertiary/aromatic N) is 6. The van der Waals surface area contributed by atoms with Crippen molar-refractivity contribution in [1.29, 1.82) is 0 Å². The Bertz CT molecular complexity index is 1090. The predicted molar refractivity (Wildman–Crippen MR) is 109 cm³/mol. The SMILES string of the molecule is Cn1c(CNc2cccc(C(=O)NCc3cncs3)c2)nnc1-c1ccncn1. The molecule has 0 aliphatic rings. The Labute approximate surface area is 170 Å². The second-order valence-electron chi connectivity index (χ2n) is 6.18. The molecule has 4 rings (SSSR count). The molecule has 0 aliphatic heterocycles. The number of carbonyl (C=O) groups is 1. The molecule has 0 spiro atoms. The van der Waals surface area contributed by atoms with E-state index in [0.717, 1.165) is 16.4 Å². The average Bonchev–Trinajstić information content (AvgIpc) is 3.41. The standard InChI is InChI=1S/C19H18N8OS/c1-27-17(25-26-18(27)16-5-6-20-11-24-16)10-22-14-4-2-3-13(7-14)19(28)23-9-15-8-21-12-29-15/h2-8,11-12,22H,9-10H2,1H3,(H,23,28). The van der Waals surface area contributed by atoms with Gasteiger partial charge in [0.25, 0.3) is 5.91 Å². The number of hydrogen-bond donors (Lipinski definition) is 2. The van der Waals surface area contributed by atoms with Crippen molar-refractivity contribution in [3.05, 3.63) is 70.8 Å². The van der Waals surface area contributed by atoms with E-state index >= 15 is 0 Å². The van der Waals surface area contributed by atoms with E-state index in [0.29, 0.717) is 30.2 Å². The summed E-state index contributed by atoms with van der Waals surface area (Å²) in [7, 11) is 1.89. The molecule has 1 aromatic carbocycles. The van der Waals surface area contributed by atoms with E-state index < -0.39 is 0 Å². The van der Waals surface area contributed by atoms with Crippen LogP contribution in [0.25, 0.3) is 11.5 Å². The number of benzene rings is 1. The maximum atomic E-state index is 12.4. The molecule has 0 saturated heterocycles. The Kier molecular flexibility index (Phi) is 5.52. The van der Waals surface area contributed by atoms with Crippen LogP contribution in [0.1, 0.15) is 21.1 Å². The van der Waals surface area contributed by atoms with Crippen LogP contribution in [0.2, 0.25) is 0 Å². The minimum absolute atomic E-state index is 0.133. The zero-order valence-corrected chi connectivity index (χ0v) is 16.4. The van der Waals surface area contributed by atoms with Crippen molar-refractivity contribution in [3.8, 4) is 11.5 Å². The molecule has 10 heteroatoms. The molecule has 0 aliphatic carbocycles. The van der Waals surface area contributed by atoms with E-state index in [9.17, 15) is 4.79 Å². The maximum absolute atomic E-state index is 12.4. The van der Waals surface area contributed by atoms with Crippen molar-refractivity contribution >= 4 is 22.9 Å². The molecule has 1 amide bonds. The molecular formula is C19H18N8OS. The van der Waals surface area contributed by atoms with Crippen LogP contribution in [-0.2, 0) is 20.1 Å². The van der Waals surface area contributed by atoms with Crippen molar-refractivity contribution in [2.75, 3.05) is 5.32 Å². The zero-order chi connectivity index (χ0) is 20.1. The molecule has 0 saturated carbocycles. The Morgan fingerprint density at radius 3 is 2.90 bits per heavy atom. The molecule has 0 unspecified atom stereocenters. The summed E-state index contributed by atoms with van der Waals surface area (Å²) < 4.78 is 1.88. The number of hydrogen-bond acceptors (Lipinski definition) is 8. The van der Waals surface area contributed by atoms with E-state index in [-0.39, 0.29) is 5.91 Å². The van der Waals surface area contributed by atoms with Crippen LogP contribution in [0, 0.1) is 0 Å². The number of amides is 1. The second kappa shape index (κ2) is 8.57. The highest BCUT2D eigenvalue weighted by Crippen LogP contribution is 2.16. The van der Waals surface area contributed by atoms with Gasteiger partial charge in [0.1, 0.15) is 12.0 Å². The van der Waals surface area contributed by atoms with Crippen molar-refractivity contribution in [1.82, 2.24) is 35.0 Å². The Morgan fingerprint density at radius 1 is 1.17 bits per heavy atom. The number of aromatic nitrogens is 6. The molecule has 9 nitrogen and oxygen atoms in total. The molecule has 0 radical (unpaired) electrons. The number of nitrogens with one attached hydrogen (secondary N) is 2. The minimum Gasteiger partial charge on any atom is -0.378 e. The first-order valence-corrected chi connectivity index (χ1v) is 9.73. The van der Waals surface area contributed by atoms with Gasteiger partial charge in [0, 0.05) is 35.6 Å².